The van der Waals surface area contributed by atoms with E-state index in [0.29, 0.717) is 6.04 Å². The maximum absolute atomic E-state index is 11.7. The number of ether oxygens (including phenoxy) is 1. The molecule has 0 radical (unpaired) electrons. The van der Waals surface area contributed by atoms with Crippen LogP contribution in [0.4, 0.5) is 0 Å². The van der Waals surface area contributed by atoms with Gasteiger partial charge in [-0.1, -0.05) is 6.92 Å². The molecule has 0 aromatic carbocycles. The van der Waals surface area contributed by atoms with Crippen molar-refractivity contribution in [2.45, 2.75) is 45.7 Å². The Morgan fingerprint density at radius 3 is 2.40 bits per heavy atom. The van der Waals surface area contributed by atoms with E-state index in [1.807, 2.05) is 0 Å². The Hall–Kier alpha value is -0.650. The van der Waals surface area contributed by atoms with Crippen molar-refractivity contribution < 1.29 is 9.53 Å². The summed E-state index contributed by atoms with van der Waals surface area (Å²) in [6.45, 7) is 12.9. The minimum Gasteiger partial charge on any atom is -0.468 e. The zero-order valence-corrected chi connectivity index (χ0v) is 13.5. The van der Waals surface area contributed by atoms with E-state index in [-0.39, 0.29) is 12.0 Å². The van der Waals surface area contributed by atoms with E-state index in [9.17, 15) is 4.79 Å². The summed E-state index contributed by atoms with van der Waals surface area (Å²) in [7, 11) is 1.46. The zero-order chi connectivity index (χ0) is 15.0. The van der Waals surface area contributed by atoms with E-state index < -0.39 is 0 Å². The first-order valence-electron chi connectivity index (χ1n) is 7.86. The summed E-state index contributed by atoms with van der Waals surface area (Å²) >= 11 is 0. The Morgan fingerprint density at radius 2 is 1.90 bits per heavy atom. The molecular weight excluding hydrogens is 254 g/mol. The van der Waals surface area contributed by atoms with Crippen LogP contribution in [0.3, 0.4) is 0 Å². The number of nitrogens with one attached hydrogen (secondary N) is 1. The molecule has 5 nitrogen and oxygen atoms in total. The number of hydrogen-bond donors (Lipinski definition) is 1. The summed E-state index contributed by atoms with van der Waals surface area (Å²) in [6, 6.07) is 0.467. The van der Waals surface area contributed by atoms with Gasteiger partial charge in [-0.15, -0.1) is 0 Å². The van der Waals surface area contributed by atoms with Crippen molar-refractivity contribution in [2.75, 3.05) is 46.4 Å². The monoisotopic (exact) mass is 285 g/mol. The number of piperazine rings is 1. The second kappa shape index (κ2) is 9.32. The summed E-state index contributed by atoms with van der Waals surface area (Å²) in [5.74, 6) is -0.140. The van der Waals surface area contributed by atoms with E-state index in [0.717, 1.165) is 52.1 Å². The lowest BCUT2D eigenvalue weighted by molar-refractivity contribution is -0.143. The first kappa shape index (κ1) is 17.4. The molecule has 1 atom stereocenters. The van der Waals surface area contributed by atoms with E-state index in [1.54, 1.807) is 0 Å². The maximum Gasteiger partial charge on any atom is 0.322 e. The van der Waals surface area contributed by atoms with Crippen LogP contribution in [0.25, 0.3) is 0 Å². The van der Waals surface area contributed by atoms with Gasteiger partial charge in [0.05, 0.1) is 7.11 Å². The molecule has 1 saturated heterocycles. The second-order valence-corrected chi connectivity index (χ2v) is 5.79. The van der Waals surface area contributed by atoms with Gasteiger partial charge in [0.15, 0.2) is 0 Å². The molecule has 0 spiro atoms. The minimum atomic E-state index is -0.164. The first-order valence-corrected chi connectivity index (χ1v) is 7.86. The molecule has 0 aromatic heterocycles. The highest BCUT2D eigenvalue weighted by Crippen LogP contribution is 2.07. The summed E-state index contributed by atoms with van der Waals surface area (Å²) in [4.78, 5) is 16.7. The predicted octanol–water partition coefficient (Wildman–Crippen LogP) is 0.944. The molecule has 1 aliphatic rings. The van der Waals surface area contributed by atoms with Gasteiger partial charge < -0.3 is 15.0 Å². The van der Waals surface area contributed by atoms with Crippen molar-refractivity contribution in [1.29, 1.82) is 0 Å². The van der Waals surface area contributed by atoms with Crippen molar-refractivity contribution >= 4 is 5.97 Å². The van der Waals surface area contributed by atoms with Gasteiger partial charge in [0.2, 0.25) is 0 Å². The standard InChI is InChI=1S/C15H31N3O2/c1-5-7-16-14(15(19)20-4)6-8-17-9-11-18(12-10-17)13(2)3/h13-14,16H,5-12H2,1-4H3. The predicted molar refractivity (Wildman–Crippen MR) is 81.9 cm³/mol. The van der Waals surface area contributed by atoms with Gasteiger partial charge >= 0.3 is 5.97 Å². The molecule has 0 saturated carbocycles. The number of esters is 1. The van der Waals surface area contributed by atoms with Gasteiger partial charge in [0, 0.05) is 38.8 Å². The maximum atomic E-state index is 11.7. The number of nitrogens with zero attached hydrogens (tertiary/aromatic N) is 2. The van der Waals surface area contributed by atoms with Gasteiger partial charge in [-0.3, -0.25) is 9.69 Å². The third-order valence-electron chi connectivity index (χ3n) is 4.00. The van der Waals surface area contributed by atoms with Gasteiger partial charge in [-0.2, -0.15) is 0 Å². The van der Waals surface area contributed by atoms with Crippen LogP contribution in [0.15, 0.2) is 0 Å². The lowest BCUT2D eigenvalue weighted by Gasteiger charge is -2.37. The van der Waals surface area contributed by atoms with Crippen molar-refractivity contribution in [3.63, 3.8) is 0 Å². The fourth-order valence-electron chi connectivity index (χ4n) is 2.58. The highest BCUT2D eigenvalue weighted by molar-refractivity contribution is 5.75. The Labute approximate surface area is 123 Å². The molecule has 20 heavy (non-hydrogen) atoms. The number of rotatable bonds is 8. The molecule has 0 aromatic rings. The van der Waals surface area contributed by atoms with Crippen molar-refractivity contribution in [3.05, 3.63) is 0 Å². The minimum absolute atomic E-state index is 0.140. The molecule has 1 N–H and O–H groups in total. The number of methoxy groups -OCH3 is 1. The van der Waals surface area contributed by atoms with Crippen LogP contribution < -0.4 is 5.32 Å². The fraction of sp³-hybridized carbons (Fsp3) is 0.933. The zero-order valence-electron chi connectivity index (χ0n) is 13.5. The van der Waals surface area contributed by atoms with E-state index in [2.05, 4.69) is 35.9 Å². The van der Waals surface area contributed by atoms with Crippen molar-refractivity contribution in [2.24, 2.45) is 0 Å². The highest BCUT2D eigenvalue weighted by atomic mass is 16.5. The van der Waals surface area contributed by atoms with Gasteiger partial charge in [-0.05, 0) is 33.2 Å². The lowest BCUT2D eigenvalue weighted by Crippen LogP contribution is -2.50. The molecular formula is C15H31N3O2. The molecule has 0 aliphatic carbocycles. The van der Waals surface area contributed by atoms with Crippen LogP contribution in [-0.2, 0) is 9.53 Å². The number of hydrogen-bond acceptors (Lipinski definition) is 5. The lowest BCUT2D eigenvalue weighted by atomic mass is 10.1. The summed E-state index contributed by atoms with van der Waals surface area (Å²) < 4.78 is 4.87. The molecule has 0 amide bonds. The summed E-state index contributed by atoms with van der Waals surface area (Å²) in [5.41, 5.74) is 0. The van der Waals surface area contributed by atoms with Crippen LogP contribution in [0.5, 0.6) is 0 Å². The van der Waals surface area contributed by atoms with Crippen LogP contribution in [0.2, 0.25) is 0 Å². The molecule has 5 heteroatoms. The summed E-state index contributed by atoms with van der Waals surface area (Å²) in [6.07, 6.45) is 1.86. The second-order valence-electron chi connectivity index (χ2n) is 5.79. The Bertz CT molecular complexity index is 276. The van der Waals surface area contributed by atoms with Gasteiger partial charge in [-0.25, -0.2) is 0 Å². The van der Waals surface area contributed by atoms with E-state index in [1.165, 1.54) is 7.11 Å². The Balaban J connectivity index is 2.31. The highest BCUT2D eigenvalue weighted by Gasteiger charge is 2.22. The Morgan fingerprint density at radius 1 is 1.25 bits per heavy atom. The van der Waals surface area contributed by atoms with Gasteiger partial charge in [0.1, 0.15) is 6.04 Å². The third-order valence-corrected chi connectivity index (χ3v) is 4.00. The molecule has 1 unspecified atom stereocenters. The molecule has 0 bridgehead atoms. The smallest absolute Gasteiger partial charge is 0.322 e. The van der Waals surface area contributed by atoms with Crippen LogP contribution in [-0.4, -0.2) is 74.2 Å². The van der Waals surface area contributed by atoms with E-state index in [4.69, 9.17) is 4.74 Å². The SMILES string of the molecule is CCCNC(CCN1CCN(C(C)C)CC1)C(=O)OC. The Kier molecular flexibility index (Phi) is 8.11. The van der Waals surface area contributed by atoms with E-state index >= 15 is 0 Å². The first-order chi connectivity index (χ1) is 9.58. The number of carbonyl (C=O) groups excluding carboxylic acids is 1. The average Bonchev–Trinajstić information content (AvgIpc) is 2.47. The third kappa shape index (κ3) is 5.77. The van der Waals surface area contributed by atoms with Crippen LogP contribution in [0.1, 0.15) is 33.6 Å². The molecule has 1 rings (SSSR count). The fourth-order valence-corrected chi connectivity index (χ4v) is 2.58. The topological polar surface area (TPSA) is 44.8 Å². The normalized spacial score (nSPS) is 19.2. The molecule has 118 valence electrons. The van der Waals surface area contributed by atoms with Crippen LogP contribution in [0, 0.1) is 0 Å². The quantitative estimate of drug-likeness (QED) is 0.673. The largest absolute Gasteiger partial charge is 0.468 e. The van der Waals surface area contributed by atoms with Crippen molar-refractivity contribution in [3.8, 4) is 0 Å². The van der Waals surface area contributed by atoms with Gasteiger partial charge in [0.25, 0.3) is 0 Å². The molecule has 1 heterocycles. The molecule has 1 aliphatic heterocycles. The average molecular weight is 285 g/mol. The van der Waals surface area contributed by atoms with Crippen LogP contribution >= 0.6 is 0 Å². The summed E-state index contributed by atoms with van der Waals surface area (Å²) in [5, 5.41) is 3.28. The number of carbonyl (C=O) groups is 1. The molecule has 1 fully saturated rings. The van der Waals surface area contributed by atoms with Crippen molar-refractivity contribution in [1.82, 2.24) is 15.1 Å².